The molecule has 22 heavy (non-hydrogen) atoms. The van der Waals surface area contributed by atoms with Crippen LogP contribution in [0.25, 0.3) is 0 Å². The molecule has 0 unspecified atom stereocenters. The second-order valence-electron chi connectivity index (χ2n) is 5.53. The number of carbonyl (C=O) groups is 2. The molecule has 1 fully saturated rings. The average molecular weight is 300 g/mol. The summed E-state index contributed by atoms with van der Waals surface area (Å²) in [7, 11) is 0. The van der Waals surface area contributed by atoms with Gasteiger partial charge in [-0.05, 0) is 23.8 Å². The summed E-state index contributed by atoms with van der Waals surface area (Å²) in [4.78, 5) is 34.1. The van der Waals surface area contributed by atoms with E-state index in [2.05, 4.69) is 9.97 Å². The number of nitrogens with zero attached hydrogens (tertiary/aromatic N) is 2. The molecule has 0 atom stereocenters. The SMILES string of the molecule is O=C(Cc1cc[nH]c1)N1CCN(C(=O)Cc2ccc[nH]2)CC1. The molecule has 2 amide bonds. The van der Waals surface area contributed by atoms with Crippen LogP contribution in [0.3, 0.4) is 0 Å². The Bertz CT molecular complexity index is 554. The molecule has 0 aromatic carbocycles. The second-order valence-corrected chi connectivity index (χ2v) is 5.53. The topological polar surface area (TPSA) is 72.2 Å². The van der Waals surface area contributed by atoms with E-state index >= 15 is 0 Å². The summed E-state index contributed by atoms with van der Waals surface area (Å²) < 4.78 is 0. The number of rotatable bonds is 4. The van der Waals surface area contributed by atoms with Crippen LogP contribution in [0.5, 0.6) is 0 Å². The number of carbonyl (C=O) groups excluding carboxylic acids is 2. The lowest BCUT2D eigenvalue weighted by molar-refractivity contribution is -0.138. The minimum Gasteiger partial charge on any atom is -0.367 e. The van der Waals surface area contributed by atoms with Crippen molar-refractivity contribution in [2.24, 2.45) is 0 Å². The van der Waals surface area contributed by atoms with Gasteiger partial charge in [-0.3, -0.25) is 9.59 Å². The lowest BCUT2D eigenvalue weighted by Crippen LogP contribution is -2.51. The predicted molar refractivity (Wildman–Crippen MR) is 82.2 cm³/mol. The molecular formula is C16H20N4O2. The summed E-state index contributed by atoms with van der Waals surface area (Å²) in [5.41, 5.74) is 1.92. The Morgan fingerprint density at radius 1 is 0.955 bits per heavy atom. The molecule has 2 aromatic heterocycles. The Morgan fingerprint density at radius 2 is 1.64 bits per heavy atom. The zero-order chi connectivity index (χ0) is 15.4. The van der Waals surface area contributed by atoms with Crippen LogP contribution in [0.1, 0.15) is 11.3 Å². The van der Waals surface area contributed by atoms with Gasteiger partial charge in [-0.25, -0.2) is 0 Å². The molecular weight excluding hydrogens is 280 g/mol. The van der Waals surface area contributed by atoms with Gasteiger partial charge >= 0.3 is 0 Å². The predicted octanol–water partition coefficient (Wildman–Crippen LogP) is 0.799. The quantitative estimate of drug-likeness (QED) is 0.876. The number of hydrogen-bond acceptors (Lipinski definition) is 2. The lowest BCUT2D eigenvalue weighted by Gasteiger charge is -2.34. The summed E-state index contributed by atoms with van der Waals surface area (Å²) in [6, 6.07) is 5.71. The number of nitrogens with one attached hydrogen (secondary N) is 2. The molecule has 3 heterocycles. The molecule has 0 bridgehead atoms. The van der Waals surface area contributed by atoms with Crippen molar-refractivity contribution in [1.29, 1.82) is 0 Å². The highest BCUT2D eigenvalue weighted by atomic mass is 16.2. The minimum absolute atomic E-state index is 0.111. The van der Waals surface area contributed by atoms with Crippen LogP contribution in [0, 0.1) is 0 Å². The number of piperazine rings is 1. The summed E-state index contributed by atoms with van der Waals surface area (Å²) in [6.45, 7) is 2.44. The van der Waals surface area contributed by atoms with Gasteiger partial charge < -0.3 is 19.8 Å². The average Bonchev–Trinajstić information content (AvgIpc) is 3.21. The van der Waals surface area contributed by atoms with Crippen molar-refractivity contribution in [3.8, 4) is 0 Å². The van der Waals surface area contributed by atoms with Gasteiger partial charge in [-0.2, -0.15) is 0 Å². The first-order valence-corrected chi connectivity index (χ1v) is 7.52. The number of H-pyrrole nitrogens is 2. The zero-order valence-corrected chi connectivity index (χ0v) is 12.4. The number of aromatic nitrogens is 2. The fraction of sp³-hybridized carbons (Fsp3) is 0.375. The number of aromatic amines is 2. The maximum absolute atomic E-state index is 12.2. The van der Waals surface area contributed by atoms with Crippen LogP contribution in [0.2, 0.25) is 0 Å². The summed E-state index contributed by atoms with van der Waals surface area (Å²) in [5.74, 6) is 0.233. The van der Waals surface area contributed by atoms with Crippen molar-refractivity contribution in [2.75, 3.05) is 26.2 Å². The maximum atomic E-state index is 12.2. The van der Waals surface area contributed by atoms with E-state index in [-0.39, 0.29) is 11.8 Å². The Hall–Kier alpha value is -2.50. The van der Waals surface area contributed by atoms with Crippen LogP contribution in [0.4, 0.5) is 0 Å². The Morgan fingerprint density at radius 3 is 2.18 bits per heavy atom. The number of amides is 2. The molecule has 0 aliphatic carbocycles. The van der Waals surface area contributed by atoms with Crippen molar-refractivity contribution in [3.05, 3.63) is 48.0 Å². The molecule has 2 aromatic rings. The first kappa shape index (κ1) is 14.4. The molecule has 3 rings (SSSR count). The Balaban J connectivity index is 1.47. The molecule has 6 heteroatoms. The van der Waals surface area contributed by atoms with Gasteiger partial charge in [0.05, 0.1) is 12.8 Å². The zero-order valence-electron chi connectivity index (χ0n) is 12.4. The molecule has 0 radical (unpaired) electrons. The highest BCUT2D eigenvalue weighted by Crippen LogP contribution is 2.08. The molecule has 6 nitrogen and oxygen atoms in total. The third-order valence-electron chi connectivity index (χ3n) is 4.01. The van der Waals surface area contributed by atoms with Crippen molar-refractivity contribution in [3.63, 3.8) is 0 Å². The van der Waals surface area contributed by atoms with Crippen LogP contribution in [0.15, 0.2) is 36.8 Å². The van der Waals surface area contributed by atoms with Gasteiger partial charge in [0.25, 0.3) is 0 Å². The van der Waals surface area contributed by atoms with E-state index in [0.29, 0.717) is 39.0 Å². The largest absolute Gasteiger partial charge is 0.367 e. The fourth-order valence-electron chi connectivity index (χ4n) is 2.71. The summed E-state index contributed by atoms with van der Waals surface area (Å²) >= 11 is 0. The van der Waals surface area contributed by atoms with Gasteiger partial charge in [0, 0.05) is 50.5 Å². The van der Waals surface area contributed by atoms with Crippen LogP contribution in [-0.4, -0.2) is 57.8 Å². The van der Waals surface area contributed by atoms with E-state index < -0.39 is 0 Å². The molecule has 0 spiro atoms. The van der Waals surface area contributed by atoms with Crippen molar-refractivity contribution < 1.29 is 9.59 Å². The van der Waals surface area contributed by atoms with Crippen LogP contribution < -0.4 is 0 Å². The van der Waals surface area contributed by atoms with Gasteiger partial charge in [-0.1, -0.05) is 0 Å². The van der Waals surface area contributed by atoms with Crippen molar-refractivity contribution in [2.45, 2.75) is 12.8 Å². The smallest absolute Gasteiger partial charge is 0.228 e. The van der Waals surface area contributed by atoms with Gasteiger partial charge in [0.15, 0.2) is 0 Å². The molecule has 0 saturated carbocycles. The third kappa shape index (κ3) is 3.39. The van der Waals surface area contributed by atoms with E-state index in [1.165, 1.54) is 0 Å². The van der Waals surface area contributed by atoms with Gasteiger partial charge in [-0.15, -0.1) is 0 Å². The third-order valence-corrected chi connectivity index (χ3v) is 4.01. The second kappa shape index (κ2) is 6.51. The van der Waals surface area contributed by atoms with E-state index in [4.69, 9.17) is 0 Å². The first-order chi connectivity index (χ1) is 10.7. The maximum Gasteiger partial charge on any atom is 0.228 e. The van der Waals surface area contributed by atoms with Gasteiger partial charge in [0.1, 0.15) is 0 Å². The van der Waals surface area contributed by atoms with Crippen LogP contribution in [-0.2, 0) is 22.4 Å². The highest BCUT2D eigenvalue weighted by molar-refractivity contribution is 5.80. The van der Waals surface area contributed by atoms with Gasteiger partial charge in [0.2, 0.25) is 11.8 Å². The highest BCUT2D eigenvalue weighted by Gasteiger charge is 2.24. The van der Waals surface area contributed by atoms with Crippen molar-refractivity contribution in [1.82, 2.24) is 19.8 Å². The van der Waals surface area contributed by atoms with E-state index in [1.54, 1.807) is 0 Å². The number of hydrogen-bond donors (Lipinski definition) is 2. The monoisotopic (exact) mass is 300 g/mol. The summed E-state index contributed by atoms with van der Waals surface area (Å²) in [6.07, 6.45) is 6.29. The lowest BCUT2D eigenvalue weighted by atomic mass is 10.2. The Labute approximate surface area is 129 Å². The molecule has 1 aliphatic heterocycles. The molecule has 1 aliphatic rings. The van der Waals surface area contributed by atoms with E-state index in [1.807, 2.05) is 46.6 Å². The van der Waals surface area contributed by atoms with Crippen molar-refractivity contribution >= 4 is 11.8 Å². The van der Waals surface area contributed by atoms with E-state index in [9.17, 15) is 9.59 Å². The minimum atomic E-state index is 0.111. The molecule has 116 valence electrons. The Kier molecular flexibility index (Phi) is 4.27. The molecule has 1 saturated heterocycles. The fourth-order valence-corrected chi connectivity index (χ4v) is 2.71. The normalized spacial score (nSPS) is 15.1. The van der Waals surface area contributed by atoms with E-state index in [0.717, 1.165) is 11.3 Å². The first-order valence-electron chi connectivity index (χ1n) is 7.52. The molecule has 2 N–H and O–H groups in total. The summed E-state index contributed by atoms with van der Waals surface area (Å²) in [5, 5.41) is 0. The standard InChI is InChI=1S/C16H20N4O2/c21-15(10-13-3-5-17-12-13)19-6-8-20(9-7-19)16(22)11-14-2-1-4-18-14/h1-5,12,17-18H,6-11H2. The van der Waals surface area contributed by atoms with Crippen LogP contribution >= 0.6 is 0 Å².